The molecule has 0 atom stereocenters. The zero-order valence-electron chi connectivity index (χ0n) is 11.8. The molecule has 0 aromatic carbocycles. The van der Waals surface area contributed by atoms with Crippen LogP contribution in [0.25, 0.3) is 0 Å². The first-order valence-corrected chi connectivity index (χ1v) is 6.82. The van der Waals surface area contributed by atoms with E-state index >= 15 is 0 Å². The van der Waals surface area contributed by atoms with Crippen LogP contribution < -0.4 is 0 Å². The smallest absolute Gasteiger partial charge is 0.323 e. The molecule has 1 aromatic heterocycles. The third kappa shape index (κ3) is 3.12. The number of nitrogens with zero attached hydrogens (tertiary/aromatic N) is 3. The molecular formula is C14H19N3O3. The van der Waals surface area contributed by atoms with E-state index in [1.807, 2.05) is 0 Å². The Morgan fingerprint density at radius 1 is 1.30 bits per heavy atom. The molecule has 1 saturated carbocycles. The molecule has 0 aliphatic heterocycles. The molecule has 108 valence electrons. The van der Waals surface area contributed by atoms with Gasteiger partial charge in [0.05, 0.1) is 17.0 Å². The summed E-state index contributed by atoms with van der Waals surface area (Å²) in [4.78, 5) is 25.1. The molecule has 0 bridgehead atoms. The van der Waals surface area contributed by atoms with E-state index in [4.69, 9.17) is 5.11 Å². The summed E-state index contributed by atoms with van der Waals surface area (Å²) < 4.78 is 0. The highest BCUT2D eigenvalue weighted by molar-refractivity contribution is 5.97. The highest BCUT2D eigenvalue weighted by Gasteiger charge is 2.30. The minimum absolute atomic E-state index is 0.0199. The normalized spacial score (nSPS) is 15.3. The fourth-order valence-corrected chi connectivity index (χ4v) is 2.65. The Morgan fingerprint density at radius 2 is 1.95 bits per heavy atom. The maximum atomic E-state index is 12.6. The topological polar surface area (TPSA) is 83.4 Å². The van der Waals surface area contributed by atoms with E-state index in [-0.39, 0.29) is 18.5 Å². The number of carboxylic acid groups (broad SMARTS) is 1. The van der Waals surface area contributed by atoms with Gasteiger partial charge in [0, 0.05) is 6.04 Å². The van der Waals surface area contributed by atoms with Crippen LogP contribution >= 0.6 is 0 Å². The highest BCUT2D eigenvalue weighted by Crippen LogP contribution is 2.25. The van der Waals surface area contributed by atoms with Gasteiger partial charge in [-0.1, -0.05) is 12.8 Å². The van der Waals surface area contributed by atoms with E-state index in [9.17, 15) is 9.59 Å². The van der Waals surface area contributed by atoms with Crippen LogP contribution in [0.2, 0.25) is 0 Å². The number of hydrogen-bond acceptors (Lipinski definition) is 4. The van der Waals surface area contributed by atoms with Gasteiger partial charge in [-0.15, -0.1) is 0 Å². The average molecular weight is 277 g/mol. The number of aromatic nitrogens is 2. The van der Waals surface area contributed by atoms with Gasteiger partial charge in [-0.2, -0.15) is 10.2 Å². The highest BCUT2D eigenvalue weighted by atomic mass is 16.4. The second kappa shape index (κ2) is 5.98. The van der Waals surface area contributed by atoms with Gasteiger partial charge in [0.2, 0.25) is 0 Å². The fourth-order valence-electron chi connectivity index (χ4n) is 2.65. The zero-order valence-corrected chi connectivity index (χ0v) is 11.8. The van der Waals surface area contributed by atoms with E-state index < -0.39 is 5.97 Å². The summed E-state index contributed by atoms with van der Waals surface area (Å²) in [6.45, 7) is 3.22. The van der Waals surface area contributed by atoms with Crippen LogP contribution in [-0.4, -0.2) is 44.7 Å². The summed E-state index contributed by atoms with van der Waals surface area (Å²) in [5, 5.41) is 16.9. The molecule has 1 aromatic rings. The van der Waals surface area contributed by atoms with Crippen molar-refractivity contribution in [3.05, 3.63) is 23.0 Å². The van der Waals surface area contributed by atoms with Crippen molar-refractivity contribution in [2.75, 3.05) is 6.54 Å². The van der Waals surface area contributed by atoms with Gasteiger partial charge in [-0.3, -0.25) is 9.59 Å². The Kier molecular flexibility index (Phi) is 4.32. The molecule has 1 N–H and O–H groups in total. The quantitative estimate of drug-likeness (QED) is 0.903. The average Bonchev–Trinajstić information content (AvgIpc) is 2.91. The SMILES string of the molecule is Cc1cc(C(=O)N(CC(=O)O)C2CCCC2)c(C)nn1. The van der Waals surface area contributed by atoms with E-state index in [2.05, 4.69) is 10.2 Å². The van der Waals surface area contributed by atoms with Crippen LogP contribution in [-0.2, 0) is 4.79 Å². The lowest BCUT2D eigenvalue weighted by Gasteiger charge is -2.27. The van der Waals surface area contributed by atoms with Crippen LogP contribution in [0.5, 0.6) is 0 Å². The van der Waals surface area contributed by atoms with Gasteiger partial charge in [-0.05, 0) is 32.8 Å². The molecule has 0 radical (unpaired) electrons. The zero-order chi connectivity index (χ0) is 14.7. The third-order valence-electron chi connectivity index (χ3n) is 3.66. The van der Waals surface area contributed by atoms with Crippen molar-refractivity contribution >= 4 is 11.9 Å². The molecule has 1 aliphatic rings. The molecule has 6 heteroatoms. The van der Waals surface area contributed by atoms with Crippen LogP contribution in [0.15, 0.2) is 6.07 Å². The summed E-state index contributed by atoms with van der Waals surface area (Å²) in [6.07, 6.45) is 3.83. The number of aliphatic carboxylic acids is 1. The molecule has 20 heavy (non-hydrogen) atoms. The molecule has 1 fully saturated rings. The molecule has 0 unspecified atom stereocenters. The number of carbonyl (C=O) groups is 2. The maximum absolute atomic E-state index is 12.6. The summed E-state index contributed by atoms with van der Waals surface area (Å²) in [7, 11) is 0. The fraction of sp³-hybridized carbons (Fsp3) is 0.571. The van der Waals surface area contributed by atoms with Gasteiger partial charge >= 0.3 is 5.97 Å². The summed E-state index contributed by atoms with van der Waals surface area (Å²) in [6, 6.07) is 1.69. The van der Waals surface area contributed by atoms with E-state index in [0.29, 0.717) is 17.0 Å². The van der Waals surface area contributed by atoms with Crippen LogP contribution in [0, 0.1) is 13.8 Å². The van der Waals surface area contributed by atoms with Crippen LogP contribution in [0.4, 0.5) is 0 Å². The van der Waals surface area contributed by atoms with Crippen molar-refractivity contribution in [3.63, 3.8) is 0 Å². The first kappa shape index (κ1) is 14.4. The number of amides is 1. The Hall–Kier alpha value is -1.98. The van der Waals surface area contributed by atoms with Crippen molar-refractivity contribution in [2.45, 2.75) is 45.6 Å². The van der Waals surface area contributed by atoms with Gasteiger partial charge < -0.3 is 10.0 Å². The molecule has 1 amide bonds. The van der Waals surface area contributed by atoms with Gasteiger partial charge in [0.25, 0.3) is 5.91 Å². The minimum atomic E-state index is -0.985. The van der Waals surface area contributed by atoms with Crippen molar-refractivity contribution in [1.29, 1.82) is 0 Å². The third-order valence-corrected chi connectivity index (χ3v) is 3.66. The van der Waals surface area contributed by atoms with Crippen LogP contribution in [0.3, 0.4) is 0 Å². The molecule has 1 aliphatic carbocycles. The number of carbonyl (C=O) groups excluding carboxylic acids is 1. The molecule has 6 nitrogen and oxygen atoms in total. The Balaban J connectivity index is 2.29. The van der Waals surface area contributed by atoms with Gasteiger partial charge in [0.1, 0.15) is 6.54 Å². The van der Waals surface area contributed by atoms with Crippen molar-refractivity contribution in [3.8, 4) is 0 Å². The van der Waals surface area contributed by atoms with Gasteiger partial charge in [0.15, 0.2) is 0 Å². The predicted molar refractivity (Wildman–Crippen MR) is 72.4 cm³/mol. The molecule has 0 spiro atoms. The molecule has 2 rings (SSSR count). The lowest BCUT2D eigenvalue weighted by molar-refractivity contribution is -0.138. The summed E-state index contributed by atoms with van der Waals surface area (Å²) >= 11 is 0. The maximum Gasteiger partial charge on any atom is 0.323 e. The summed E-state index contributed by atoms with van der Waals surface area (Å²) in [5.41, 5.74) is 1.64. The van der Waals surface area contributed by atoms with Crippen molar-refractivity contribution in [2.24, 2.45) is 0 Å². The largest absolute Gasteiger partial charge is 0.480 e. The molecule has 0 saturated heterocycles. The number of carboxylic acids is 1. The van der Waals surface area contributed by atoms with Gasteiger partial charge in [-0.25, -0.2) is 0 Å². The number of rotatable bonds is 4. The second-order valence-electron chi connectivity index (χ2n) is 5.25. The Bertz CT molecular complexity index is 524. The monoisotopic (exact) mass is 277 g/mol. The van der Waals surface area contributed by atoms with Crippen molar-refractivity contribution < 1.29 is 14.7 Å². The lowest BCUT2D eigenvalue weighted by atomic mass is 10.1. The van der Waals surface area contributed by atoms with E-state index in [1.165, 1.54) is 4.90 Å². The lowest BCUT2D eigenvalue weighted by Crippen LogP contribution is -2.42. The first-order valence-electron chi connectivity index (χ1n) is 6.82. The van der Waals surface area contributed by atoms with Crippen LogP contribution in [0.1, 0.15) is 47.4 Å². The first-order chi connectivity index (χ1) is 9.49. The molecular weight excluding hydrogens is 258 g/mol. The predicted octanol–water partition coefficient (Wildman–Crippen LogP) is 1.56. The standard InChI is InChI=1S/C14H19N3O3/c1-9-7-12(10(2)16-15-9)14(20)17(8-13(18)19)11-5-3-4-6-11/h7,11H,3-6,8H2,1-2H3,(H,18,19). The minimum Gasteiger partial charge on any atom is -0.480 e. The Labute approximate surface area is 117 Å². The van der Waals surface area contributed by atoms with E-state index in [1.54, 1.807) is 19.9 Å². The van der Waals surface area contributed by atoms with E-state index in [0.717, 1.165) is 25.7 Å². The number of hydrogen-bond donors (Lipinski definition) is 1. The number of aryl methyl sites for hydroxylation is 2. The second-order valence-corrected chi connectivity index (χ2v) is 5.25. The Morgan fingerprint density at radius 3 is 2.55 bits per heavy atom. The molecule has 1 heterocycles. The van der Waals surface area contributed by atoms with Crippen molar-refractivity contribution in [1.82, 2.24) is 15.1 Å². The summed E-state index contributed by atoms with van der Waals surface area (Å²) in [5.74, 6) is -1.24.